The molecule has 1 aliphatic rings. The van der Waals surface area contributed by atoms with E-state index in [2.05, 4.69) is 10.6 Å². The number of carbonyl (C=O) groups excluding carboxylic acids is 3. The zero-order valence-corrected chi connectivity index (χ0v) is 17.4. The largest absolute Gasteiger partial charge is 0.463 e. The van der Waals surface area contributed by atoms with Crippen LogP contribution in [0.2, 0.25) is 0 Å². The Morgan fingerprint density at radius 3 is 2.50 bits per heavy atom. The smallest absolute Gasteiger partial charge is 0.338 e. The van der Waals surface area contributed by atoms with Crippen molar-refractivity contribution in [2.45, 2.75) is 47.6 Å². The number of esters is 1. The first-order valence-electron chi connectivity index (χ1n) is 9.47. The van der Waals surface area contributed by atoms with E-state index in [1.54, 1.807) is 32.0 Å². The Morgan fingerprint density at radius 2 is 1.93 bits per heavy atom. The van der Waals surface area contributed by atoms with E-state index in [-0.39, 0.29) is 18.5 Å². The fourth-order valence-electron chi connectivity index (χ4n) is 3.00. The number of anilines is 1. The second-order valence-corrected chi connectivity index (χ2v) is 7.68. The van der Waals surface area contributed by atoms with Gasteiger partial charge in [-0.2, -0.15) is 0 Å². The molecule has 0 saturated carbocycles. The number of nitrogens with one attached hydrogen (secondary N) is 2. The molecular formula is C21H29N3O4. The molecule has 1 aromatic carbocycles. The van der Waals surface area contributed by atoms with Gasteiger partial charge in [0.2, 0.25) is 5.91 Å². The van der Waals surface area contributed by atoms with Gasteiger partial charge in [0.25, 0.3) is 0 Å². The molecule has 0 aliphatic carbocycles. The van der Waals surface area contributed by atoms with Crippen LogP contribution in [0.4, 0.5) is 10.5 Å². The van der Waals surface area contributed by atoms with Crippen LogP contribution in [0.15, 0.2) is 35.5 Å². The van der Waals surface area contributed by atoms with Crippen LogP contribution in [-0.2, 0) is 14.3 Å². The van der Waals surface area contributed by atoms with Gasteiger partial charge in [0.05, 0.1) is 18.2 Å². The third-order valence-electron chi connectivity index (χ3n) is 4.57. The minimum atomic E-state index is -0.652. The summed E-state index contributed by atoms with van der Waals surface area (Å²) in [6.45, 7) is 11.5. The van der Waals surface area contributed by atoms with Gasteiger partial charge < -0.3 is 15.4 Å². The van der Waals surface area contributed by atoms with Gasteiger partial charge in [0.15, 0.2) is 0 Å². The second-order valence-electron chi connectivity index (χ2n) is 7.68. The molecule has 0 saturated heterocycles. The maximum Gasteiger partial charge on any atom is 0.338 e. The van der Waals surface area contributed by atoms with Crippen LogP contribution in [0, 0.1) is 5.41 Å². The lowest BCUT2D eigenvalue weighted by Crippen LogP contribution is -2.47. The van der Waals surface area contributed by atoms with E-state index in [4.69, 9.17) is 4.74 Å². The predicted molar refractivity (Wildman–Crippen MR) is 108 cm³/mol. The Balaban J connectivity index is 2.45. The van der Waals surface area contributed by atoms with Gasteiger partial charge in [-0.1, -0.05) is 32.9 Å². The molecular weight excluding hydrogens is 358 g/mol. The fraction of sp³-hybridized carbons (Fsp3) is 0.476. The number of hydrogen-bond acceptors (Lipinski definition) is 4. The molecule has 28 heavy (non-hydrogen) atoms. The molecule has 7 heteroatoms. The standard InChI is InChI=1S/C21H29N3O4/c1-7-24-13(3)16(18(25)28-8-2)17(23-20(24)27)14-10-9-11-15(12-14)22-19(26)21(4,5)6/h9-12,17H,7-8H2,1-6H3,(H,22,26)(H,23,27). The summed E-state index contributed by atoms with van der Waals surface area (Å²) in [6.07, 6.45) is 0. The summed E-state index contributed by atoms with van der Waals surface area (Å²) in [7, 11) is 0. The molecule has 1 unspecified atom stereocenters. The van der Waals surface area contributed by atoms with E-state index in [0.717, 1.165) is 0 Å². The molecule has 7 nitrogen and oxygen atoms in total. The maximum absolute atomic E-state index is 12.6. The van der Waals surface area contributed by atoms with Crippen molar-refractivity contribution in [2.75, 3.05) is 18.5 Å². The van der Waals surface area contributed by atoms with Gasteiger partial charge in [-0.25, -0.2) is 9.59 Å². The van der Waals surface area contributed by atoms with Crippen LogP contribution < -0.4 is 10.6 Å². The number of ether oxygens (including phenoxy) is 1. The van der Waals surface area contributed by atoms with Gasteiger partial charge in [-0.15, -0.1) is 0 Å². The number of rotatable bonds is 5. The molecule has 0 aromatic heterocycles. The van der Waals surface area contributed by atoms with Crippen molar-refractivity contribution >= 4 is 23.6 Å². The lowest BCUT2D eigenvalue weighted by Gasteiger charge is -2.35. The minimum Gasteiger partial charge on any atom is -0.463 e. The highest BCUT2D eigenvalue weighted by atomic mass is 16.5. The fourth-order valence-corrected chi connectivity index (χ4v) is 3.00. The Bertz CT molecular complexity index is 808. The molecule has 152 valence electrons. The topological polar surface area (TPSA) is 87.7 Å². The highest BCUT2D eigenvalue weighted by Crippen LogP contribution is 2.32. The van der Waals surface area contributed by atoms with Crippen molar-refractivity contribution in [2.24, 2.45) is 5.41 Å². The normalized spacial score (nSPS) is 17.3. The van der Waals surface area contributed by atoms with Crippen LogP contribution >= 0.6 is 0 Å². The molecule has 0 spiro atoms. The minimum absolute atomic E-state index is 0.119. The summed E-state index contributed by atoms with van der Waals surface area (Å²) in [5.74, 6) is -0.584. The summed E-state index contributed by atoms with van der Waals surface area (Å²) in [4.78, 5) is 38.9. The zero-order chi connectivity index (χ0) is 21.1. The number of hydrogen-bond donors (Lipinski definition) is 2. The molecule has 1 aromatic rings. The van der Waals surface area contributed by atoms with E-state index in [0.29, 0.717) is 29.1 Å². The van der Waals surface area contributed by atoms with Gasteiger partial charge >= 0.3 is 12.0 Å². The average Bonchev–Trinajstić information content (AvgIpc) is 2.61. The van der Waals surface area contributed by atoms with Crippen molar-refractivity contribution in [3.05, 3.63) is 41.1 Å². The molecule has 2 N–H and O–H groups in total. The molecule has 2 rings (SSSR count). The van der Waals surface area contributed by atoms with Crippen molar-refractivity contribution < 1.29 is 19.1 Å². The van der Waals surface area contributed by atoms with Gasteiger partial charge in [-0.3, -0.25) is 9.69 Å². The lowest BCUT2D eigenvalue weighted by molar-refractivity contribution is -0.139. The molecule has 0 bridgehead atoms. The Labute approximate surface area is 166 Å². The van der Waals surface area contributed by atoms with Gasteiger partial charge in [0, 0.05) is 23.3 Å². The van der Waals surface area contributed by atoms with Gasteiger partial charge in [0.1, 0.15) is 0 Å². The number of amides is 3. The predicted octanol–water partition coefficient (Wildman–Crippen LogP) is 3.59. The maximum atomic E-state index is 12.6. The molecule has 0 radical (unpaired) electrons. The molecule has 3 amide bonds. The van der Waals surface area contributed by atoms with Crippen LogP contribution in [0.5, 0.6) is 0 Å². The van der Waals surface area contributed by atoms with E-state index in [1.807, 2.05) is 33.8 Å². The summed E-state index contributed by atoms with van der Waals surface area (Å²) in [5.41, 5.74) is 1.72. The Kier molecular flexibility index (Phi) is 6.48. The van der Waals surface area contributed by atoms with Crippen LogP contribution in [0.25, 0.3) is 0 Å². The lowest BCUT2D eigenvalue weighted by atomic mass is 9.93. The summed E-state index contributed by atoms with van der Waals surface area (Å²) < 4.78 is 5.23. The third-order valence-corrected chi connectivity index (χ3v) is 4.57. The monoisotopic (exact) mass is 387 g/mol. The average molecular weight is 387 g/mol. The first-order chi connectivity index (χ1) is 13.1. The van der Waals surface area contributed by atoms with Crippen molar-refractivity contribution in [3.8, 4) is 0 Å². The molecule has 1 heterocycles. The van der Waals surface area contributed by atoms with Crippen LogP contribution in [0.3, 0.4) is 0 Å². The Morgan fingerprint density at radius 1 is 1.25 bits per heavy atom. The van der Waals surface area contributed by atoms with Gasteiger partial charge in [-0.05, 0) is 38.5 Å². The highest BCUT2D eigenvalue weighted by molar-refractivity contribution is 5.96. The molecule has 1 atom stereocenters. The zero-order valence-electron chi connectivity index (χ0n) is 17.4. The Hall–Kier alpha value is -2.83. The van der Waals surface area contributed by atoms with E-state index < -0.39 is 17.4 Å². The quantitative estimate of drug-likeness (QED) is 0.756. The number of benzene rings is 1. The second kappa shape index (κ2) is 8.46. The number of allylic oxidation sites excluding steroid dienone is 1. The number of urea groups is 1. The van der Waals surface area contributed by atoms with E-state index >= 15 is 0 Å². The molecule has 0 fully saturated rings. The first-order valence-corrected chi connectivity index (χ1v) is 9.47. The van der Waals surface area contributed by atoms with Crippen molar-refractivity contribution in [1.82, 2.24) is 10.2 Å². The van der Waals surface area contributed by atoms with Crippen molar-refractivity contribution in [1.29, 1.82) is 0 Å². The summed E-state index contributed by atoms with van der Waals surface area (Å²) >= 11 is 0. The van der Waals surface area contributed by atoms with Crippen molar-refractivity contribution in [3.63, 3.8) is 0 Å². The first kappa shape index (κ1) is 21.5. The van der Waals surface area contributed by atoms with E-state index in [9.17, 15) is 14.4 Å². The van der Waals surface area contributed by atoms with Crippen LogP contribution in [0.1, 0.15) is 53.1 Å². The number of carbonyl (C=O) groups is 3. The van der Waals surface area contributed by atoms with E-state index in [1.165, 1.54) is 4.90 Å². The summed E-state index contributed by atoms with van der Waals surface area (Å²) in [5, 5.41) is 5.76. The molecule has 1 aliphatic heterocycles. The van der Waals surface area contributed by atoms with Crippen LogP contribution in [-0.4, -0.2) is 36.0 Å². The third kappa shape index (κ3) is 4.52. The number of nitrogens with zero attached hydrogens (tertiary/aromatic N) is 1. The summed E-state index contributed by atoms with van der Waals surface area (Å²) in [6, 6.07) is 6.21. The SMILES string of the molecule is CCOC(=O)C1=C(C)N(CC)C(=O)NC1c1cccc(NC(=O)C(C)(C)C)c1. The highest BCUT2D eigenvalue weighted by Gasteiger charge is 2.36.